The van der Waals surface area contributed by atoms with Gasteiger partial charge < -0.3 is 10.1 Å². The minimum Gasteiger partial charge on any atom is -0.496 e. The monoisotopic (exact) mass is 396 g/mol. The molecule has 0 aliphatic carbocycles. The van der Waals surface area contributed by atoms with Gasteiger partial charge in [-0.1, -0.05) is 28.1 Å². The summed E-state index contributed by atoms with van der Waals surface area (Å²) >= 11 is 8.40. The van der Waals surface area contributed by atoms with E-state index >= 15 is 0 Å². The van der Waals surface area contributed by atoms with Crippen LogP contribution in [0.25, 0.3) is 0 Å². The molecular formula is C16H14BrFN2O2S. The maximum atomic E-state index is 13.6. The van der Waals surface area contributed by atoms with Crippen molar-refractivity contribution < 1.29 is 13.9 Å². The molecule has 0 saturated carbocycles. The first kappa shape index (κ1) is 17.4. The van der Waals surface area contributed by atoms with Gasteiger partial charge in [-0.3, -0.25) is 10.1 Å². The molecule has 1 amide bonds. The molecule has 23 heavy (non-hydrogen) atoms. The van der Waals surface area contributed by atoms with Gasteiger partial charge in [0.05, 0.1) is 18.4 Å². The number of nitrogens with one attached hydrogen (secondary N) is 2. The summed E-state index contributed by atoms with van der Waals surface area (Å²) in [6.45, 7) is 1.83. The summed E-state index contributed by atoms with van der Waals surface area (Å²) in [6, 6.07) is 9.53. The summed E-state index contributed by atoms with van der Waals surface area (Å²) in [6.07, 6.45) is 0. The predicted molar refractivity (Wildman–Crippen MR) is 95.5 cm³/mol. The van der Waals surface area contributed by atoms with E-state index in [0.29, 0.717) is 11.3 Å². The number of carbonyl (C=O) groups is 1. The summed E-state index contributed by atoms with van der Waals surface area (Å²) in [5.74, 6) is -0.445. The Bertz CT molecular complexity index is 768. The first-order chi connectivity index (χ1) is 10.9. The largest absolute Gasteiger partial charge is 0.496 e. The molecule has 0 heterocycles. The fourth-order valence-electron chi connectivity index (χ4n) is 2.06. The molecule has 120 valence electrons. The van der Waals surface area contributed by atoms with Crippen LogP contribution in [0.2, 0.25) is 0 Å². The van der Waals surface area contributed by atoms with Gasteiger partial charge >= 0.3 is 0 Å². The normalized spacial score (nSPS) is 10.1. The van der Waals surface area contributed by atoms with Crippen LogP contribution < -0.4 is 15.4 Å². The number of carbonyl (C=O) groups excluding carboxylic acids is 1. The molecule has 0 bridgehead atoms. The fourth-order valence-corrected chi connectivity index (χ4v) is 2.83. The van der Waals surface area contributed by atoms with Crippen molar-refractivity contribution in [3.05, 3.63) is 57.8 Å². The molecule has 2 rings (SSSR count). The summed E-state index contributed by atoms with van der Waals surface area (Å²) in [4.78, 5) is 12.4. The van der Waals surface area contributed by atoms with E-state index in [0.717, 1.165) is 10.0 Å². The van der Waals surface area contributed by atoms with Crippen LogP contribution in [0.1, 0.15) is 15.9 Å². The Hall–Kier alpha value is -1.99. The van der Waals surface area contributed by atoms with E-state index in [9.17, 15) is 9.18 Å². The first-order valence-corrected chi connectivity index (χ1v) is 7.83. The second kappa shape index (κ2) is 7.52. The molecule has 0 spiro atoms. The Labute approximate surface area is 147 Å². The van der Waals surface area contributed by atoms with Crippen LogP contribution in [0, 0.1) is 12.7 Å². The van der Waals surface area contributed by atoms with Crippen LogP contribution in [0.4, 0.5) is 10.1 Å². The minimum atomic E-state index is -0.458. The van der Waals surface area contributed by atoms with Crippen molar-refractivity contribution in [2.75, 3.05) is 12.4 Å². The molecule has 0 aliphatic heterocycles. The molecule has 0 saturated heterocycles. The second-order valence-electron chi connectivity index (χ2n) is 4.69. The van der Waals surface area contributed by atoms with E-state index in [1.807, 2.05) is 13.0 Å². The number of thiocarbonyl (C=S) groups is 1. The van der Waals surface area contributed by atoms with Crippen LogP contribution >= 0.6 is 28.1 Å². The van der Waals surface area contributed by atoms with Crippen molar-refractivity contribution in [3.8, 4) is 5.75 Å². The minimum absolute atomic E-state index is 0.000202. The molecule has 2 N–H and O–H groups in total. The van der Waals surface area contributed by atoms with Gasteiger partial charge in [-0.15, -0.1) is 0 Å². The quantitative estimate of drug-likeness (QED) is 0.768. The number of anilines is 1. The van der Waals surface area contributed by atoms with Crippen molar-refractivity contribution in [1.29, 1.82) is 0 Å². The molecule has 0 aliphatic rings. The number of methoxy groups -OCH3 is 1. The third-order valence-corrected chi connectivity index (χ3v) is 3.70. The SMILES string of the molecule is COc1c(C)cc(Br)cc1C(=O)NC(=S)Nc1ccccc1F. The predicted octanol–water partition coefficient (Wildman–Crippen LogP) is 4.03. The molecule has 0 radical (unpaired) electrons. The van der Waals surface area contributed by atoms with Crippen LogP contribution in [0.15, 0.2) is 40.9 Å². The van der Waals surface area contributed by atoms with E-state index in [2.05, 4.69) is 26.6 Å². The van der Waals surface area contributed by atoms with Crippen LogP contribution in [0.3, 0.4) is 0 Å². The molecule has 0 fully saturated rings. The molecule has 4 nitrogen and oxygen atoms in total. The number of benzene rings is 2. The van der Waals surface area contributed by atoms with Gasteiger partial charge in [0.25, 0.3) is 5.91 Å². The summed E-state index contributed by atoms with van der Waals surface area (Å²) in [7, 11) is 1.49. The highest BCUT2D eigenvalue weighted by atomic mass is 79.9. The molecule has 2 aromatic carbocycles. The van der Waals surface area contributed by atoms with Crippen LogP contribution in [0.5, 0.6) is 5.75 Å². The van der Waals surface area contributed by atoms with E-state index < -0.39 is 11.7 Å². The van der Waals surface area contributed by atoms with Gasteiger partial charge in [0.2, 0.25) is 0 Å². The number of aryl methyl sites for hydroxylation is 1. The number of hydrogen-bond acceptors (Lipinski definition) is 3. The number of ether oxygens (including phenoxy) is 1. The van der Waals surface area contributed by atoms with E-state index in [1.165, 1.54) is 19.2 Å². The molecule has 0 atom stereocenters. The average molecular weight is 397 g/mol. The van der Waals surface area contributed by atoms with Gasteiger partial charge in [0.1, 0.15) is 11.6 Å². The highest BCUT2D eigenvalue weighted by molar-refractivity contribution is 9.10. The molecule has 0 unspecified atom stereocenters. The van der Waals surface area contributed by atoms with E-state index in [1.54, 1.807) is 18.2 Å². The van der Waals surface area contributed by atoms with E-state index in [4.69, 9.17) is 17.0 Å². The van der Waals surface area contributed by atoms with Crippen molar-refractivity contribution in [2.45, 2.75) is 6.92 Å². The van der Waals surface area contributed by atoms with Crippen molar-refractivity contribution in [1.82, 2.24) is 5.32 Å². The second-order valence-corrected chi connectivity index (χ2v) is 6.02. The third kappa shape index (κ3) is 4.27. The number of rotatable bonds is 3. The maximum absolute atomic E-state index is 13.6. The van der Waals surface area contributed by atoms with Crippen LogP contribution in [-0.2, 0) is 0 Å². The molecule has 7 heteroatoms. The topological polar surface area (TPSA) is 50.4 Å². The highest BCUT2D eigenvalue weighted by Gasteiger charge is 2.17. The zero-order chi connectivity index (χ0) is 17.0. The van der Waals surface area contributed by atoms with E-state index in [-0.39, 0.29) is 10.8 Å². The van der Waals surface area contributed by atoms with Gasteiger partial charge in [0, 0.05) is 4.47 Å². The Morgan fingerprint density at radius 1 is 1.30 bits per heavy atom. The van der Waals surface area contributed by atoms with Crippen molar-refractivity contribution >= 4 is 44.9 Å². The lowest BCUT2D eigenvalue weighted by atomic mass is 10.1. The smallest absolute Gasteiger partial charge is 0.261 e. The summed E-state index contributed by atoms with van der Waals surface area (Å²) in [5.41, 5.74) is 1.33. The average Bonchev–Trinajstić information content (AvgIpc) is 2.48. The van der Waals surface area contributed by atoms with Gasteiger partial charge in [-0.2, -0.15) is 0 Å². The Morgan fingerprint density at radius 2 is 2.00 bits per heavy atom. The summed E-state index contributed by atoms with van der Waals surface area (Å²) in [5, 5.41) is 5.16. The maximum Gasteiger partial charge on any atom is 0.261 e. The number of halogens is 2. The molecule has 0 aromatic heterocycles. The lowest BCUT2D eigenvalue weighted by Gasteiger charge is -2.14. The number of para-hydroxylation sites is 1. The standard InChI is InChI=1S/C16H14BrFN2O2S/c1-9-7-10(17)8-11(14(9)22-2)15(21)20-16(23)19-13-6-4-3-5-12(13)18/h3-8H,1-2H3,(H2,19,20,21,23). The fraction of sp³-hybridized carbons (Fsp3) is 0.125. The third-order valence-electron chi connectivity index (χ3n) is 3.04. The summed E-state index contributed by atoms with van der Waals surface area (Å²) < 4.78 is 19.6. The zero-order valence-electron chi connectivity index (χ0n) is 12.4. The molecule has 2 aromatic rings. The van der Waals surface area contributed by atoms with Crippen LogP contribution in [-0.4, -0.2) is 18.1 Å². The van der Waals surface area contributed by atoms with Gasteiger partial charge in [-0.25, -0.2) is 4.39 Å². The Morgan fingerprint density at radius 3 is 2.65 bits per heavy atom. The number of hydrogen-bond donors (Lipinski definition) is 2. The molecular weight excluding hydrogens is 383 g/mol. The zero-order valence-corrected chi connectivity index (χ0v) is 14.8. The van der Waals surface area contributed by atoms with Gasteiger partial charge in [-0.05, 0) is 49.0 Å². The first-order valence-electron chi connectivity index (χ1n) is 6.63. The van der Waals surface area contributed by atoms with Crippen molar-refractivity contribution in [2.24, 2.45) is 0 Å². The van der Waals surface area contributed by atoms with Gasteiger partial charge in [0.15, 0.2) is 5.11 Å². The Kier molecular flexibility index (Phi) is 5.68. The lowest BCUT2D eigenvalue weighted by Crippen LogP contribution is -2.34. The lowest BCUT2D eigenvalue weighted by molar-refractivity contribution is 0.0974. The number of amides is 1. The highest BCUT2D eigenvalue weighted by Crippen LogP contribution is 2.27. The van der Waals surface area contributed by atoms with Crippen molar-refractivity contribution in [3.63, 3.8) is 0 Å². The Balaban J connectivity index is 2.16.